The number of ether oxygens (including phenoxy) is 2. The second-order valence-electron chi connectivity index (χ2n) is 4.81. The van der Waals surface area contributed by atoms with Crippen LogP contribution in [0.1, 0.15) is 20.3 Å². The Bertz CT molecular complexity index is 395. The van der Waals surface area contributed by atoms with Gasteiger partial charge in [-0.3, -0.25) is 14.4 Å². The lowest BCUT2D eigenvalue weighted by Crippen LogP contribution is -2.56. The summed E-state index contributed by atoms with van der Waals surface area (Å²) in [5, 5.41) is 5.48. The fraction of sp³-hybridized carbons (Fsp3) is 0.786. The number of piperazine rings is 1. The molecule has 2 N–H and O–H groups in total. The molecule has 134 valence electrons. The smallest absolute Gasteiger partial charge is 0.325 e. The Kier molecular flexibility index (Phi) is 11.4. The van der Waals surface area contributed by atoms with E-state index in [0.29, 0.717) is 32.8 Å². The number of nitrogens with zero attached hydrogens (tertiary/aromatic N) is 1. The maximum atomic E-state index is 12.2. The molecule has 23 heavy (non-hydrogen) atoms. The molecule has 1 atom stereocenters. The van der Waals surface area contributed by atoms with Gasteiger partial charge in [0.25, 0.3) is 0 Å². The van der Waals surface area contributed by atoms with Crippen molar-refractivity contribution in [2.45, 2.75) is 26.3 Å². The topological polar surface area (TPSA) is 97.0 Å². The molecule has 0 aromatic carbocycles. The summed E-state index contributed by atoms with van der Waals surface area (Å²) in [5.41, 5.74) is 0. The molecule has 0 radical (unpaired) electrons. The maximum absolute atomic E-state index is 12.2. The SMILES string of the molecule is CCOCCN1CCNC(CC(=O)NCC(=O)OCC)C1=O.Cl. The zero-order valence-corrected chi connectivity index (χ0v) is 14.4. The molecule has 0 aliphatic carbocycles. The van der Waals surface area contributed by atoms with Crippen LogP contribution in [0.15, 0.2) is 0 Å². The molecule has 0 saturated carbocycles. The largest absolute Gasteiger partial charge is 0.465 e. The average Bonchev–Trinajstić information content (AvgIpc) is 2.49. The number of nitrogens with one attached hydrogen (secondary N) is 2. The summed E-state index contributed by atoms with van der Waals surface area (Å²) in [7, 11) is 0. The summed E-state index contributed by atoms with van der Waals surface area (Å²) in [6.07, 6.45) is 0.00335. The zero-order valence-electron chi connectivity index (χ0n) is 13.6. The highest BCUT2D eigenvalue weighted by Gasteiger charge is 2.29. The van der Waals surface area contributed by atoms with Crippen LogP contribution in [-0.2, 0) is 23.9 Å². The fourth-order valence-corrected chi connectivity index (χ4v) is 2.13. The molecule has 8 nitrogen and oxygen atoms in total. The quantitative estimate of drug-likeness (QED) is 0.422. The zero-order chi connectivity index (χ0) is 16.4. The summed E-state index contributed by atoms with van der Waals surface area (Å²) in [6, 6.07) is -0.558. The number of amides is 2. The molecule has 1 unspecified atom stereocenters. The van der Waals surface area contributed by atoms with E-state index in [1.54, 1.807) is 11.8 Å². The molecule has 1 fully saturated rings. The molecule has 1 aliphatic rings. The van der Waals surface area contributed by atoms with E-state index < -0.39 is 12.0 Å². The fourth-order valence-electron chi connectivity index (χ4n) is 2.13. The van der Waals surface area contributed by atoms with Gasteiger partial charge in [0, 0.05) is 26.2 Å². The van der Waals surface area contributed by atoms with Gasteiger partial charge in [-0.2, -0.15) is 0 Å². The van der Waals surface area contributed by atoms with Crippen LogP contribution in [0.4, 0.5) is 0 Å². The molecule has 0 aromatic rings. The Hall–Kier alpha value is -1.38. The van der Waals surface area contributed by atoms with Crippen molar-refractivity contribution in [3.8, 4) is 0 Å². The maximum Gasteiger partial charge on any atom is 0.325 e. The normalized spacial score (nSPS) is 17.4. The van der Waals surface area contributed by atoms with Crippen LogP contribution in [0.2, 0.25) is 0 Å². The first-order chi connectivity index (χ1) is 10.6. The highest BCUT2D eigenvalue weighted by Crippen LogP contribution is 2.05. The first-order valence-corrected chi connectivity index (χ1v) is 7.60. The molecule has 0 spiro atoms. The van der Waals surface area contributed by atoms with E-state index in [1.165, 1.54) is 0 Å². The molecular formula is C14H26ClN3O5. The summed E-state index contributed by atoms with van der Waals surface area (Å²) >= 11 is 0. The number of carbonyl (C=O) groups excluding carboxylic acids is 3. The number of esters is 1. The number of rotatable bonds is 9. The minimum atomic E-state index is -0.558. The molecule has 1 saturated heterocycles. The lowest BCUT2D eigenvalue weighted by molar-refractivity contribution is -0.143. The predicted octanol–water partition coefficient (Wildman–Crippen LogP) is -0.685. The third kappa shape index (κ3) is 8.15. The molecule has 1 rings (SSSR count). The molecular weight excluding hydrogens is 326 g/mol. The van der Waals surface area contributed by atoms with Crippen LogP contribution in [0.5, 0.6) is 0 Å². The van der Waals surface area contributed by atoms with Crippen LogP contribution in [0.3, 0.4) is 0 Å². The van der Waals surface area contributed by atoms with Gasteiger partial charge in [-0.15, -0.1) is 12.4 Å². The van der Waals surface area contributed by atoms with Gasteiger partial charge in [-0.1, -0.05) is 0 Å². The lowest BCUT2D eigenvalue weighted by Gasteiger charge is -2.32. The Morgan fingerprint density at radius 2 is 2.09 bits per heavy atom. The van der Waals surface area contributed by atoms with Crippen molar-refractivity contribution in [2.24, 2.45) is 0 Å². The van der Waals surface area contributed by atoms with E-state index in [2.05, 4.69) is 10.6 Å². The van der Waals surface area contributed by atoms with E-state index >= 15 is 0 Å². The third-order valence-electron chi connectivity index (χ3n) is 3.22. The highest BCUT2D eigenvalue weighted by atomic mass is 35.5. The van der Waals surface area contributed by atoms with Crippen LogP contribution in [-0.4, -0.2) is 74.7 Å². The second-order valence-corrected chi connectivity index (χ2v) is 4.81. The summed E-state index contributed by atoms with van der Waals surface area (Å²) < 4.78 is 9.96. The van der Waals surface area contributed by atoms with Gasteiger partial charge in [-0.25, -0.2) is 0 Å². The highest BCUT2D eigenvalue weighted by molar-refractivity contribution is 5.90. The number of hydrogen-bond acceptors (Lipinski definition) is 6. The predicted molar refractivity (Wildman–Crippen MR) is 86.4 cm³/mol. The van der Waals surface area contributed by atoms with Crippen molar-refractivity contribution >= 4 is 30.2 Å². The van der Waals surface area contributed by atoms with Gasteiger partial charge in [-0.05, 0) is 13.8 Å². The molecule has 0 bridgehead atoms. The first kappa shape index (κ1) is 21.6. The standard InChI is InChI=1S/C14H25N3O5.ClH/c1-3-21-8-7-17-6-5-15-11(14(17)20)9-12(18)16-10-13(19)22-4-2;/h11,15H,3-10H2,1-2H3,(H,16,18);1H. The Labute approximate surface area is 142 Å². The van der Waals surface area contributed by atoms with Crippen molar-refractivity contribution in [3.63, 3.8) is 0 Å². The Morgan fingerprint density at radius 1 is 1.35 bits per heavy atom. The molecule has 1 aliphatic heterocycles. The van der Waals surface area contributed by atoms with Gasteiger partial charge in [0.05, 0.1) is 25.7 Å². The van der Waals surface area contributed by atoms with Gasteiger partial charge < -0.3 is 25.0 Å². The minimum Gasteiger partial charge on any atom is -0.465 e. The van der Waals surface area contributed by atoms with Crippen LogP contribution in [0.25, 0.3) is 0 Å². The monoisotopic (exact) mass is 351 g/mol. The number of halogens is 1. The van der Waals surface area contributed by atoms with E-state index in [1.807, 2.05) is 6.92 Å². The summed E-state index contributed by atoms with van der Waals surface area (Å²) in [6.45, 7) is 6.55. The third-order valence-corrected chi connectivity index (χ3v) is 3.22. The molecule has 9 heteroatoms. The van der Waals surface area contributed by atoms with Gasteiger partial charge in [0.15, 0.2) is 0 Å². The average molecular weight is 352 g/mol. The van der Waals surface area contributed by atoms with Crippen LogP contribution < -0.4 is 10.6 Å². The number of carbonyl (C=O) groups is 3. The second kappa shape index (κ2) is 12.1. The van der Waals surface area contributed by atoms with Crippen molar-refractivity contribution < 1.29 is 23.9 Å². The van der Waals surface area contributed by atoms with Gasteiger partial charge >= 0.3 is 5.97 Å². The van der Waals surface area contributed by atoms with E-state index in [0.717, 1.165) is 0 Å². The van der Waals surface area contributed by atoms with E-state index in [-0.39, 0.29) is 43.8 Å². The van der Waals surface area contributed by atoms with Crippen LogP contribution >= 0.6 is 12.4 Å². The van der Waals surface area contributed by atoms with Crippen molar-refractivity contribution in [3.05, 3.63) is 0 Å². The van der Waals surface area contributed by atoms with E-state index in [9.17, 15) is 14.4 Å². The summed E-state index contributed by atoms with van der Waals surface area (Å²) in [4.78, 5) is 36.9. The first-order valence-electron chi connectivity index (χ1n) is 7.60. The Balaban J connectivity index is 0.00000484. The van der Waals surface area contributed by atoms with Crippen LogP contribution in [0, 0.1) is 0 Å². The van der Waals surface area contributed by atoms with Crippen molar-refractivity contribution in [1.82, 2.24) is 15.5 Å². The minimum absolute atomic E-state index is 0. The molecule has 1 heterocycles. The van der Waals surface area contributed by atoms with Gasteiger partial charge in [0.1, 0.15) is 6.54 Å². The van der Waals surface area contributed by atoms with Gasteiger partial charge in [0.2, 0.25) is 11.8 Å². The summed E-state index contributed by atoms with van der Waals surface area (Å²) in [5.74, 6) is -0.958. The Morgan fingerprint density at radius 3 is 2.74 bits per heavy atom. The van der Waals surface area contributed by atoms with Crippen molar-refractivity contribution in [2.75, 3.05) is 46.0 Å². The van der Waals surface area contributed by atoms with E-state index in [4.69, 9.17) is 9.47 Å². The molecule has 0 aromatic heterocycles. The number of hydrogen-bond donors (Lipinski definition) is 2. The molecule has 2 amide bonds. The van der Waals surface area contributed by atoms with Crippen molar-refractivity contribution in [1.29, 1.82) is 0 Å². The lowest BCUT2D eigenvalue weighted by atomic mass is 10.1.